The molecular formula is C15H20BrN3. The Morgan fingerprint density at radius 3 is 2.89 bits per heavy atom. The van der Waals surface area contributed by atoms with E-state index in [9.17, 15) is 0 Å². The average Bonchev–Trinajstić information content (AvgIpc) is 2.88. The first-order chi connectivity index (χ1) is 9.26. The van der Waals surface area contributed by atoms with Crippen molar-refractivity contribution in [3.63, 3.8) is 0 Å². The van der Waals surface area contributed by atoms with Crippen LogP contribution in [0.3, 0.4) is 0 Å². The molecule has 1 aromatic heterocycles. The van der Waals surface area contributed by atoms with Crippen LogP contribution in [-0.4, -0.2) is 16.1 Å². The molecule has 0 spiro atoms. The van der Waals surface area contributed by atoms with Crippen LogP contribution in [-0.2, 0) is 13.0 Å². The van der Waals surface area contributed by atoms with Crippen molar-refractivity contribution >= 4 is 15.9 Å². The SMILES string of the molecule is CCCNCc1ccc(Br)cc1-n1ccnc1CC. The van der Waals surface area contributed by atoms with Crippen molar-refractivity contribution in [3.05, 3.63) is 46.5 Å². The topological polar surface area (TPSA) is 29.9 Å². The summed E-state index contributed by atoms with van der Waals surface area (Å²) in [6.45, 7) is 6.24. The van der Waals surface area contributed by atoms with Gasteiger partial charge in [-0.05, 0) is 30.7 Å². The second-order valence-electron chi connectivity index (χ2n) is 4.52. The highest BCUT2D eigenvalue weighted by Gasteiger charge is 2.08. The Morgan fingerprint density at radius 1 is 1.32 bits per heavy atom. The molecule has 0 radical (unpaired) electrons. The fourth-order valence-electron chi connectivity index (χ4n) is 2.13. The van der Waals surface area contributed by atoms with Gasteiger partial charge in [0, 0.05) is 29.8 Å². The first kappa shape index (κ1) is 14.3. The Bertz CT molecular complexity index is 534. The number of halogens is 1. The second kappa shape index (κ2) is 6.87. The molecule has 0 aliphatic carbocycles. The molecular weight excluding hydrogens is 302 g/mol. The summed E-state index contributed by atoms with van der Waals surface area (Å²) >= 11 is 3.56. The number of imidazole rings is 1. The quantitative estimate of drug-likeness (QED) is 0.822. The van der Waals surface area contributed by atoms with Crippen molar-refractivity contribution in [2.45, 2.75) is 33.2 Å². The predicted molar refractivity (Wildman–Crippen MR) is 82.6 cm³/mol. The molecule has 0 aliphatic rings. The van der Waals surface area contributed by atoms with E-state index in [4.69, 9.17) is 0 Å². The number of nitrogens with zero attached hydrogens (tertiary/aromatic N) is 2. The smallest absolute Gasteiger partial charge is 0.112 e. The molecule has 0 aliphatic heterocycles. The molecule has 3 nitrogen and oxygen atoms in total. The maximum atomic E-state index is 4.41. The molecule has 1 N–H and O–H groups in total. The standard InChI is InChI=1S/C15H20BrN3/c1-3-7-17-11-12-5-6-13(16)10-14(12)19-9-8-18-15(19)4-2/h5-6,8-10,17H,3-4,7,11H2,1-2H3. The van der Waals surface area contributed by atoms with Gasteiger partial charge in [-0.2, -0.15) is 0 Å². The second-order valence-corrected chi connectivity index (χ2v) is 5.43. The van der Waals surface area contributed by atoms with Crippen LogP contribution in [0.5, 0.6) is 0 Å². The minimum absolute atomic E-state index is 0.887. The normalized spacial score (nSPS) is 10.9. The zero-order valence-electron chi connectivity index (χ0n) is 11.5. The maximum Gasteiger partial charge on any atom is 0.112 e. The number of nitrogens with one attached hydrogen (secondary N) is 1. The fourth-order valence-corrected chi connectivity index (χ4v) is 2.47. The van der Waals surface area contributed by atoms with Crippen LogP contribution in [0, 0.1) is 0 Å². The molecule has 19 heavy (non-hydrogen) atoms. The molecule has 0 saturated heterocycles. The first-order valence-corrected chi connectivity index (χ1v) is 7.57. The van der Waals surface area contributed by atoms with Gasteiger partial charge in [0.15, 0.2) is 0 Å². The van der Waals surface area contributed by atoms with Gasteiger partial charge in [0.1, 0.15) is 5.82 Å². The monoisotopic (exact) mass is 321 g/mol. The molecule has 1 aromatic carbocycles. The van der Waals surface area contributed by atoms with Gasteiger partial charge < -0.3 is 9.88 Å². The summed E-state index contributed by atoms with van der Waals surface area (Å²) in [7, 11) is 0. The molecule has 4 heteroatoms. The van der Waals surface area contributed by atoms with Crippen LogP contribution in [0.4, 0.5) is 0 Å². The van der Waals surface area contributed by atoms with Gasteiger partial charge in [-0.1, -0.05) is 35.8 Å². The third-order valence-corrected chi connectivity index (χ3v) is 3.58. The summed E-state index contributed by atoms with van der Waals surface area (Å²) in [6, 6.07) is 6.42. The van der Waals surface area contributed by atoms with Crippen LogP contribution in [0.15, 0.2) is 35.1 Å². The van der Waals surface area contributed by atoms with Gasteiger partial charge >= 0.3 is 0 Å². The average molecular weight is 322 g/mol. The van der Waals surface area contributed by atoms with Crippen molar-refractivity contribution in [3.8, 4) is 5.69 Å². The summed E-state index contributed by atoms with van der Waals surface area (Å²) in [5.41, 5.74) is 2.50. The van der Waals surface area contributed by atoms with Crippen LogP contribution >= 0.6 is 15.9 Å². The molecule has 1 heterocycles. The minimum Gasteiger partial charge on any atom is -0.313 e. The summed E-state index contributed by atoms with van der Waals surface area (Å²) in [5, 5.41) is 3.46. The van der Waals surface area contributed by atoms with Gasteiger partial charge in [-0.3, -0.25) is 0 Å². The number of hydrogen-bond donors (Lipinski definition) is 1. The van der Waals surface area contributed by atoms with E-state index in [1.807, 2.05) is 12.4 Å². The summed E-state index contributed by atoms with van der Waals surface area (Å²) < 4.78 is 3.27. The van der Waals surface area contributed by atoms with Gasteiger partial charge in [-0.15, -0.1) is 0 Å². The number of aromatic nitrogens is 2. The lowest BCUT2D eigenvalue weighted by molar-refractivity contribution is 0.672. The van der Waals surface area contributed by atoms with Crippen LogP contribution in [0.25, 0.3) is 5.69 Å². The lowest BCUT2D eigenvalue weighted by Gasteiger charge is -2.14. The Balaban J connectivity index is 2.34. The Hall–Kier alpha value is -1.13. The molecule has 2 aromatic rings. The zero-order valence-corrected chi connectivity index (χ0v) is 13.1. The molecule has 0 fully saturated rings. The summed E-state index contributed by atoms with van der Waals surface area (Å²) in [4.78, 5) is 4.41. The van der Waals surface area contributed by atoms with E-state index >= 15 is 0 Å². The number of aryl methyl sites for hydroxylation is 1. The van der Waals surface area contributed by atoms with Crippen molar-refractivity contribution < 1.29 is 0 Å². The van der Waals surface area contributed by atoms with E-state index in [1.54, 1.807) is 0 Å². The van der Waals surface area contributed by atoms with E-state index in [1.165, 1.54) is 11.3 Å². The maximum absolute atomic E-state index is 4.41. The third-order valence-electron chi connectivity index (χ3n) is 3.08. The van der Waals surface area contributed by atoms with E-state index < -0.39 is 0 Å². The summed E-state index contributed by atoms with van der Waals surface area (Å²) in [6.07, 6.45) is 5.98. The van der Waals surface area contributed by atoms with Crippen LogP contribution in [0.1, 0.15) is 31.7 Å². The molecule has 0 amide bonds. The van der Waals surface area contributed by atoms with Crippen LogP contribution in [0.2, 0.25) is 0 Å². The summed E-state index contributed by atoms with van der Waals surface area (Å²) in [5.74, 6) is 1.09. The lowest BCUT2D eigenvalue weighted by atomic mass is 10.1. The first-order valence-electron chi connectivity index (χ1n) is 6.78. The molecule has 2 rings (SSSR count). The minimum atomic E-state index is 0.887. The van der Waals surface area contributed by atoms with E-state index in [-0.39, 0.29) is 0 Å². The Kier molecular flexibility index (Phi) is 5.16. The van der Waals surface area contributed by atoms with Gasteiger partial charge in [-0.25, -0.2) is 4.98 Å². The molecule has 0 saturated carbocycles. The van der Waals surface area contributed by atoms with Gasteiger partial charge in [0.25, 0.3) is 0 Å². The highest BCUT2D eigenvalue weighted by Crippen LogP contribution is 2.22. The number of hydrogen-bond acceptors (Lipinski definition) is 2. The van der Waals surface area contributed by atoms with E-state index in [0.29, 0.717) is 0 Å². The van der Waals surface area contributed by atoms with Crippen molar-refractivity contribution in [1.29, 1.82) is 0 Å². The molecule has 102 valence electrons. The third kappa shape index (κ3) is 3.45. The molecule has 0 unspecified atom stereocenters. The number of benzene rings is 1. The zero-order chi connectivity index (χ0) is 13.7. The van der Waals surface area contributed by atoms with Crippen LogP contribution < -0.4 is 5.32 Å². The fraction of sp³-hybridized carbons (Fsp3) is 0.400. The van der Waals surface area contributed by atoms with Crippen molar-refractivity contribution in [1.82, 2.24) is 14.9 Å². The Labute approximate surface area is 123 Å². The highest BCUT2D eigenvalue weighted by atomic mass is 79.9. The largest absolute Gasteiger partial charge is 0.313 e. The highest BCUT2D eigenvalue weighted by molar-refractivity contribution is 9.10. The van der Waals surface area contributed by atoms with Gasteiger partial charge in [0.05, 0.1) is 5.69 Å². The molecule has 0 atom stereocenters. The van der Waals surface area contributed by atoms with Gasteiger partial charge in [0.2, 0.25) is 0 Å². The number of rotatable bonds is 6. The lowest BCUT2D eigenvalue weighted by Crippen LogP contribution is -2.16. The van der Waals surface area contributed by atoms with Crippen molar-refractivity contribution in [2.75, 3.05) is 6.54 Å². The Morgan fingerprint density at radius 2 is 2.16 bits per heavy atom. The van der Waals surface area contributed by atoms with E-state index in [0.717, 1.165) is 36.2 Å². The van der Waals surface area contributed by atoms with E-state index in [2.05, 4.69) is 62.8 Å². The predicted octanol–water partition coefficient (Wildman–Crippen LogP) is 3.70. The molecule has 0 bridgehead atoms. The van der Waals surface area contributed by atoms with Crippen molar-refractivity contribution in [2.24, 2.45) is 0 Å².